The van der Waals surface area contributed by atoms with Crippen LogP contribution in [0.25, 0.3) is 114 Å². The topological polar surface area (TPSA) is 21.3 Å². The summed E-state index contributed by atoms with van der Waals surface area (Å²) in [7, 11) is 0. The molecule has 0 bridgehead atoms. The lowest BCUT2D eigenvalue weighted by Gasteiger charge is -2.28. The predicted octanol–water partition coefficient (Wildman–Crippen LogP) is 18.7. The SMILES string of the molecule is c1ccc(N(c2ccc(-c3ccc4sc5ccccc5c4c3)cc2)c2ccc(-c3ccccc3-n3c4ccccc4c4ccccc43)cc2)c(-c2cccc3oc4c5ccccc5ccc4c23)c1. The summed E-state index contributed by atoms with van der Waals surface area (Å²) in [4.78, 5) is 2.41. The molecule has 14 aromatic rings. The van der Waals surface area contributed by atoms with Crippen LogP contribution in [-0.2, 0) is 0 Å². The maximum absolute atomic E-state index is 6.72. The third kappa shape index (κ3) is 6.05. The molecule has 0 spiro atoms. The van der Waals surface area contributed by atoms with Crippen LogP contribution in [0.15, 0.2) is 247 Å². The normalized spacial score (nSPS) is 11.8. The number of fused-ring (bicyclic) bond motifs is 11. The minimum Gasteiger partial charge on any atom is -0.455 e. The van der Waals surface area contributed by atoms with Crippen LogP contribution in [0.4, 0.5) is 17.1 Å². The summed E-state index contributed by atoms with van der Waals surface area (Å²) in [5.74, 6) is 0. The first-order chi connectivity index (χ1) is 33.7. The number of aromatic nitrogens is 1. The summed E-state index contributed by atoms with van der Waals surface area (Å²) in [5.41, 5.74) is 15.5. The molecule has 0 aliphatic rings. The lowest BCUT2D eigenvalue weighted by molar-refractivity contribution is 0.673. The lowest BCUT2D eigenvalue weighted by Crippen LogP contribution is -2.11. The average Bonchev–Trinajstić information content (AvgIpc) is 4.09. The second kappa shape index (κ2) is 15.5. The number of anilines is 3. The van der Waals surface area contributed by atoms with Gasteiger partial charge >= 0.3 is 0 Å². The number of furan rings is 1. The first-order valence-electron chi connectivity index (χ1n) is 23.2. The Morgan fingerprint density at radius 1 is 0.368 bits per heavy atom. The minimum absolute atomic E-state index is 0.876. The van der Waals surface area contributed by atoms with Gasteiger partial charge in [0.25, 0.3) is 0 Å². The third-order valence-corrected chi connectivity index (χ3v) is 15.0. The van der Waals surface area contributed by atoms with Gasteiger partial charge in [0, 0.05) is 69.6 Å². The number of hydrogen-bond donors (Lipinski definition) is 0. The average molecular weight is 885 g/mol. The Balaban J connectivity index is 0.929. The monoisotopic (exact) mass is 884 g/mol. The number of hydrogen-bond acceptors (Lipinski definition) is 3. The molecule has 3 aromatic heterocycles. The van der Waals surface area contributed by atoms with Crippen LogP contribution in [0.3, 0.4) is 0 Å². The number of para-hydroxylation sites is 4. The van der Waals surface area contributed by atoms with Crippen molar-refractivity contribution in [2.24, 2.45) is 0 Å². The molecular weight excluding hydrogens is 845 g/mol. The van der Waals surface area contributed by atoms with Crippen molar-refractivity contribution in [3.63, 3.8) is 0 Å². The zero-order valence-corrected chi connectivity index (χ0v) is 37.6. The molecule has 68 heavy (non-hydrogen) atoms. The van der Waals surface area contributed by atoms with Gasteiger partial charge in [-0.2, -0.15) is 0 Å². The van der Waals surface area contributed by atoms with E-state index in [1.165, 1.54) is 64.1 Å². The highest BCUT2D eigenvalue weighted by Crippen LogP contribution is 2.47. The largest absolute Gasteiger partial charge is 0.455 e. The van der Waals surface area contributed by atoms with Crippen molar-refractivity contribution in [2.75, 3.05) is 4.90 Å². The second-order valence-electron chi connectivity index (χ2n) is 17.6. The molecule has 318 valence electrons. The van der Waals surface area contributed by atoms with E-state index in [9.17, 15) is 0 Å². The number of nitrogens with zero attached hydrogens (tertiary/aromatic N) is 2. The van der Waals surface area contributed by atoms with Crippen LogP contribution in [-0.4, -0.2) is 4.57 Å². The van der Waals surface area contributed by atoms with Crippen LogP contribution in [0.2, 0.25) is 0 Å². The van der Waals surface area contributed by atoms with Crippen molar-refractivity contribution in [1.82, 2.24) is 4.57 Å². The summed E-state index contributed by atoms with van der Waals surface area (Å²) < 4.78 is 11.8. The van der Waals surface area contributed by atoms with Gasteiger partial charge in [-0.3, -0.25) is 0 Å². The Bertz CT molecular complexity index is 4210. The fourth-order valence-corrected chi connectivity index (χ4v) is 11.8. The molecule has 0 radical (unpaired) electrons. The maximum atomic E-state index is 6.72. The Labute approximate surface area is 396 Å². The second-order valence-corrected chi connectivity index (χ2v) is 18.7. The van der Waals surface area contributed by atoms with Crippen molar-refractivity contribution in [1.29, 1.82) is 0 Å². The molecule has 0 amide bonds. The van der Waals surface area contributed by atoms with Crippen molar-refractivity contribution in [3.8, 4) is 39.1 Å². The van der Waals surface area contributed by atoms with Crippen molar-refractivity contribution in [2.45, 2.75) is 0 Å². The van der Waals surface area contributed by atoms with E-state index in [0.29, 0.717) is 0 Å². The highest BCUT2D eigenvalue weighted by molar-refractivity contribution is 7.25. The quantitative estimate of drug-likeness (QED) is 0.159. The molecule has 11 aromatic carbocycles. The van der Waals surface area contributed by atoms with Crippen LogP contribution in [0, 0.1) is 0 Å². The molecule has 4 heteroatoms. The highest BCUT2D eigenvalue weighted by atomic mass is 32.1. The fourth-order valence-electron chi connectivity index (χ4n) is 10.7. The van der Waals surface area contributed by atoms with Gasteiger partial charge in [-0.1, -0.05) is 164 Å². The molecule has 0 unspecified atom stereocenters. The molecule has 0 aliphatic carbocycles. The van der Waals surface area contributed by atoms with Crippen LogP contribution < -0.4 is 4.90 Å². The van der Waals surface area contributed by atoms with Gasteiger partial charge in [0.2, 0.25) is 0 Å². The van der Waals surface area contributed by atoms with Gasteiger partial charge in [-0.05, 0) is 107 Å². The van der Waals surface area contributed by atoms with Gasteiger partial charge in [0.15, 0.2) is 0 Å². The van der Waals surface area contributed by atoms with E-state index in [1.807, 2.05) is 11.3 Å². The molecule has 0 aliphatic heterocycles. The van der Waals surface area contributed by atoms with E-state index in [1.54, 1.807) is 0 Å². The Kier molecular flexibility index (Phi) is 8.76. The number of thiophene rings is 1. The molecule has 0 saturated carbocycles. The van der Waals surface area contributed by atoms with Gasteiger partial charge in [0.05, 0.1) is 22.4 Å². The Hall–Kier alpha value is -8.70. The van der Waals surface area contributed by atoms with Crippen molar-refractivity contribution in [3.05, 3.63) is 243 Å². The summed E-state index contributed by atoms with van der Waals surface area (Å²) in [6.07, 6.45) is 0. The zero-order chi connectivity index (χ0) is 44.7. The molecule has 0 fully saturated rings. The van der Waals surface area contributed by atoms with E-state index in [-0.39, 0.29) is 0 Å². The molecule has 14 rings (SSSR count). The molecule has 3 heterocycles. The molecular formula is C64H40N2OS. The fraction of sp³-hybridized carbons (Fsp3) is 0. The standard InChI is InChI=1S/C64H40N2OS/c1-2-16-48-42(14-1)32-38-54-63-53(21-13-26-60(63)67-64(48)54)51-19-6-9-23-57(51)65(45-34-28-41(29-35-45)44-33-39-62-55(40-44)52-20-7-12-27-61(52)68-62)46-36-30-43(31-37-46)47-15-3-8-22-56(47)66-58-24-10-4-17-49(58)50-18-5-11-25-59(50)66/h1-40H. The predicted molar refractivity (Wildman–Crippen MR) is 289 cm³/mol. The van der Waals surface area contributed by atoms with E-state index >= 15 is 0 Å². The maximum Gasteiger partial charge on any atom is 0.143 e. The van der Waals surface area contributed by atoms with Gasteiger partial charge < -0.3 is 13.9 Å². The summed E-state index contributed by atoms with van der Waals surface area (Å²) in [6.45, 7) is 0. The summed E-state index contributed by atoms with van der Waals surface area (Å²) >= 11 is 1.85. The van der Waals surface area contributed by atoms with E-state index < -0.39 is 0 Å². The van der Waals surface area contributed by atoms with Gasteiger partial charge in [-0.15, -0.1) is 11.3 Å². The van der Waals surface area contributed by atoms with E-state index in [4.69, 9.17) is 4.42 Å². The van der Waals surface area contributed by atoms with Crippen LogP contribution >= 0.6 is 11.3 Å². The summed E-state index contributed by atoms with van der Waals surface area (Å²) in [6, 6.07) is 88.2. The van der Waals surface area contributed by atoms with Crippen LogP contribution in [0.1, 0.15) is 0 Å². The molecule has 0 N–H and O–H groups in total. The van der Waals surface area contributed by atoms with E-state index in [2.05, 4.69) is 252 Å². The summed E-state index contributed by atoms with van der Waals surface area (Å²) in [5, 5.41) is 9.63. The van der Waals surface area contributed by atoms with Gasteiger partial charge in [0.1, 0.15) is 11.2 Å². The van der Waals surface area contributed by atoms with Crippen molar-refractivity contribution < 1.29 is 4.42 Å². The molecule has 0 atom stereocenters. The third-order valence-electron chi connectivity index (χ3n) is 13.8. The number of rotatable bonds is 7. The molecule has 3 nitrogen and oxygen atoms in total. The smallest absolute Gasteiger partial charge is 0.143 e. The minimum atomic E-state index is 0.876. The number of benzene rings is 11. The highest BCUT2D eigenvalue weighted by Gasteiger charge is 2.22. The Morgan fingerprint density at radius 2 is 0.956 bits per heavy atom. The first kappa shape index (κ1) is 38.6. The molecule has 0 saturated heterocycles. The Morgan fingerprint density at radius 3 is 1.74 bits per heavy atom. The van der Waals surface area contributed by atoms with Crippen molar-refractivity contribution >= 4 is 103 Å². The van der Waals surface area contributed by atoms with E-state index in [0.717, 1.165) is 66.8 Å². The van der Waals surface area contributed by atoms with Gasteiger partial charge in [-0.25, -0.2) is 0 Å². The lowest BCUT2D eigenvalue weighted by atomic mass is 9.96. The first-order valence-corrected chi connectivity index (χ1v) is 24.0. The van der Waals surface area contributed by atoms with Crippen LogP contribution in [0.5, 0.6) is 0 Å². The zero-order valence-electron chi connectivity index (χ0n) is 36.8.